The van der Waals surface area contributed by atoms with Crippen molar-refractivity contribution in [2.24, 2.45) is 0 Å². The van der Waals surface area contributed by atoms with E-state index in [9.17, 15) is 0 Å². The van der Waals surface area contributed by atoms with E-state index < -0.39 is 0 Å². The molecule has 0 atom stereocenters. The van der Waals surface area contributed by atoms with Crippen LogP contribution in [0.3, 0.4) is 0 Å². The summed E-state index contributed by atoms with van der Waals surface area (Å²) >= 11 is 0. The number of nitrogens with zero attached hydrogens (tertiary/aromatic N) is 5. The van der Waals surface area contributed by atoms with Crippen molar-refractivity contribution in [3.8, 4) is 0 Å². The summed E-state index contributed by atoms with van der Waals surface area (Å²) in [6.45, 7) is 1.80. The molecule has 1 aromatic carbocycles. The first-order valence-electron chi connectivity index (χ1n) is 8.16. The van der Waals surface area contributed by atoms with E-state index in [1.807, 2.05) is 51.0 Å². The highest BCUT2D eigenvalue weighted by molar-refractivity contribution is 5.85. The van der Waals surface area contributed by atoms with Gasteiger partial charge >= 0.3 is 0 Å². The molecule has 6 heteroatoms. The molecule has 0 spiro atoms. The molecule has 0 aliphatic carbocycles. The van der Waals surface area contributed by atoms with Crippen LogP contribution in [0, 0.1) is 0 Å². The van der Waals surface area contributed by atoms with Crippen LogP contribution in [0.4, 0.5) is 11.4 Å². The molecule has 0 aromatic heterocycles. The summed E-state index contributed by atoms with van der Waals surface area (Å²) in [5.41, 5.74) is 7.78. The SMILES string of the molecule is CN1C=C[N+]=C1CCN(CCC1=[N+]C=CN1C)c1ccc(N)cc1. The summed E-state index contributed by atoms with van der Waals surface area (Å²) < 4.78 is 0. The van der Waals surface area contributed by atoms with Crippen LogP contribution in [0.2, 0.25) is 0 Å². The van der Waals surface area contributed by atoms with Gasteiger partial charge in [-0.1, -0.05) is 9.98 Å². The largest absolute Gasteiger partial charge is 0.399 e. The number of hydrogen-bond donors (Lipinski definition) is 1. The van der Waals surface area contributed by atoms with Crippen LogP contribution in [0.15, 0.2) is 49.1 Å². The maximum absolute atomic E-state index is 5.82. The molecule has 0 unspecified atom stereocenters. The second kappa shape index (κ2) is 7.21. The van der Waals surface area contributed by atoms with Crippen molar-refractivity contribution >= 4 is 23.0 Å². The second-order valence-corrected chi connectivity index (χ2v) is 5.99. The Hall–Kier alpha value is -2.76. The van der Waals surface area contributed by atoms with Crippen molar-refractivity contribution in [2.45, 2.75) is 12.8 Å². The molecule has 0 saturated heterocycles. The number of amidine groups is 2. The van der Waals surface area contributed by atoms with Crippen molar-refractivity contribution in [2.75, 3.05) is 37.8 Å². The van der Waals surface area contributed by atoms with E-state index in [4.69, 9.17) is 5.73 Å². The van der Waals surface area contributed by atoms with Gasteiger partial charge in [0.25, 0.3) is 11.7 Å². The lowest BCUT2D eigenvalue weighted by Gasteiger charge is -2.24. The zero-order valence-electron chi connectivity index (χ0n) is 14.3. The van der Waals surface area contributed by atoms with Crippen molar-refractivity contribution < 1.29 is 0 Å². The van der Waals surface area contributed by atoms with Gasteiger partial charge in [0.1, 0.15) is 12.4 Å². The van der Waals surface area contributed by atoms with E-state index in [-0.39, 0.29) is 0 Å². The van der Waals surface area contributed by atoms with Crippen LogP contribution in [0.25, 0.3) is 0 Å². The summed E-state index contributed by atoms with van der Waals surface area (Å²) in [5.74, 6) is 2.18. The van der Waals surface area contributed by atoms with Crippen LogP contribution >= 0.6 is 0 Å². The minimum absolute atomic E-state index is 0.784. The predicted molar refractivity (Wildman–Crippen MR) is 100 cm³/mol. The standard InChI is InChI=1S/C18H24N6/c1-22-13-9-20-17(22)7-11-24(16-5-3-15(19)4-6-16)12-8-18-21-10-14-23(18)2/h3-6,9-10,13-14H,7-8,11-12,19H2,1-2H3/q+2. The van der Waals surface area contributed by atoms with Gasteiger partial charge < -0.3 is 10.6 Å². The molecule has 3 rings (SSSR count). The third-order valence-corrected chi connectivity index (χ3v) is 4.31. The number of nitrogen functional groups attached to an aromatic ring is 1. The molecular formula is C18H24N6+2. The summed E-state index contributed by atoms with van der Waals surface area (Å²) in [6.07, 6.45) is 9.45. The Morgan fingerprint density at radius 1 is 0.875 bits per heavy atom. The molecule has 2 N–H and O–H groups in total. The van der Waals surface area contributed by atoms with Crippen LogP contribution in [-0.4, -0.2) is 48.7 Å². The van der Waals surface area contributed by atoms with E-state index in [0.717, 1.165) is 43.3 Å². The Morgan fingerprint density at radius 3 is 1.79 bits per heavy atom. The molecule has 24 heavy (non-hydrogen) atoms. The molecule has 0 amide bonds. The molecule has 1 aromatic rings. The van der Waals surface area contributed by atoms with Gasteiger partial charge in [-0.2, -0.15) is 0 Å². The van der Waals surface area contributed by atoms with Gasteiger partial charge in [-0.3, -0.25) is 0 Å². The Morgan fingerprint density at radius 2 is 1.38 bits per heavy atom. The Bertz CT molecular complexity index is 648. The minimum Gasteiger partial charge on any atom is -0.399 e. The summed E-state index contributed by atoms with van der Waals surface area (Å²) in [7, 11) is 4.06. The maximum Gasteiger partial charge on any atom is 0.300 e. The number of hydrogen-bond acceptors (Lipinski definition) is 6. The number of nitrogens with two attached hydrogens (primary N) is 1. The molecule has 2 radical (unpaired) electrons. The molecule has 124 valence electrons. The molecule has 2 aliphatic rings. The summed E-state index contributed by atoms with van der Waals surface area (Å²) in [6, 6.07) is 8.05. The summed E-state index contributed by atoms with van der Waals surface area (Å²) in [5, 5.41) is 0. The monoisotopic (exact) mass is 324 g/mol. The Balaban J connectivity index is 1.65. The van der Waals surface area contributed by atoms with Crippen molar-refractivity contribution in [1.29, 1.82) is 0 Å². The van der Waals surface area contributed by atoms with Crippen LogP contribution in [-0.2, 0) is 0 Å². The molecule has 0 bridgehead atoms. The summed E-state index contributed by atoms with van der Waals surface area (Å²) in [4.78, 5) is 15.3. The lowest BCUT2D eigenvalue weighted by atomic mass is 10.2. The Labute approximate surface area is 143 Å². The van der Waals surface area contributed by atoms with Crippen LogP contribution in [0.5, 0.6) is 0 Å². The zero-order chi connectivity index (χ0) is 16.9. The third-order valence-electron chi connectivity index (χ3n) is 4.31. The molecule has 2 aliphatic heterocycles. The van der Waals surface area contributed by atoms with Crippen LogP contribution < -0.4 is 20.6 Å². The fraction of sp³-hybridized carbons (Fsp3) is 0.333. The van der Waals surface area contributed by atoms with Crippen molar-refractivity contribution in [3.63, 3.8) is 0 Å². The molecule has 0 fully saturated rings. The first-order chi connectivity index (χ1) is 11.6. The zero-order valence-corrected chi connectivity index (χ0v) is 14.3. The third kappa shape index (κ3) is 3.76. The van der Waals surface area contributed by atoms with Gasteiger partial charge in [-0.05, 0) is 24.3 Å². The normalized spacial score (nSPS) is 15.9. The van der Waals surface area contributed by atoms with E-state index in [2.05, 4.69) is 36.8 Å². The number of benzene rings is 1. The average molecular weight is 324 g/mol. The highest BCUT2D eigenvalue weighted by Gasteiger charge is 2.23. The molecule has 2 heterocycles. The van der Waals surface area contributed by atoms with Gasteiger partial charge in [-0.15, -0.1) is 0 Å². The first-order valence-corrected chi connectivity index (χ1v) is 8.16. The quantitative estimate of drug-likeness (QED) is 0.765. The first kappa shape index (κ1) is 16.1. The molecule has 0 saturated carbocycles. The number of anilines is 2. The number of rotatable bonds is 7. The van der Waals surface area contributed by atoms with E-state index in [0.29, 0.717) is 0 Å². The van der Waals surface area contributed by atoms with Gasteiger partial charge in [0.05, 0.1) is 26.9 Å². The fourth-order valence-electron chi connectivity index (χ4n) is 2.80. The van der Waals surface area contributed by atoms with Gasteiger partial charge in [-0.25, -0.2) is 9.80 Å². The van der Waals surface area contributed by atoms with E-state index in [1.54, 1.807) is 0 Å². The lowest BCUT2D eigenvalue weighted by Crippen LogP contribution is -2.33. The topological polar surface area (TPSA) is 63.9 Å². The van der Waals surface area contributed by atoms with Gasteiger partial charge in [0.15, 0.2) is 12.4 Å². The van der Waals surface area contributed by atoms with Crippen molar-refractivity contribution in [1.82, 2.24) is 19.8 Å². The fourth-order valence-corrected chi connectivity index (χ4v) is 2.80. The molecule has 6 nitrogen and oxygen atoms in total. The lowest BCUT2D eigenvalue weighted by molar-refractivity contribution is 0.656. The molecular weight excluding hydrogens is 300 g/mol. The number of aliphatic imine (C=N–C) groups is 2. The Kier molecular flexibility index (Phi) is 4.84. The smallest absolute Gasteiger partial charge is 0.300 e. The van der Waals surface area contributed by atoms with Crippen molar-refractivity contribution in [3.05, 3.63) is 49.1 Å². The highest BCUT2D eigenvalue weighted by Crippen LogP contribution is 2.18. The van der Waals surface area contributed by atoms with Crippen LogP contribution in [0.1, 0.15) is 12.8 Å². The maximum atomic E-state index is 5.82. The van der Waals surface area contributed by atoms with Gasteiger partial charge in [0, 0.05) is 24.5 Å². The highest BCUT2D eigenvalue weighted by atomic mass is 15.2. The predicted octanol–water partition coefficient (Wildman–Crippen LogP) is 1.16. The van der Waals surface area contributed by atoms with E-state index >= 15 is 0 Å². The minimum atomic E-state index is 0.784. The van der Waals surface area contributed by atoms with E-state index in [1.165, 1.54) is 5.69 Å². The van der Waals surface area contributed by atoms with Gasteiger partial charge in [0.2, 0.25) is 0 Å². The average Bonchev–Trinajstić information content (AvgIpc) is 3.17. The second-order valence-electron chi connectivity index (χ2n) is 5.99.